The van der Waals surface area contributed by atoms with Crippen LogP contribution in [0.4, 0.5) is 0 Å². The second-order valence-corrected chi connectivity index (χ2v) is 6.35. The van der Waals surface area contributed by atoms with Gasteiger partial charge in [0.25, 0.3) is 0 Å². The zero-order valence-corrected chi connectivity index (χ0v) is 13.3. The van der Waals surface area contributed by atoms with Crippen molar-refractivity contribution in [3.05, 3.63) is 35.9 Å². The summed E-state index contributed by atoms with van der Waals surface area (Å²) >= 11 is 0. The highest BCUT2D eigenvalue weighted by Gasteiger charge is 2.18. The monoisotopic (exact) mass is 288 g/mol. The van der Waals surface area contributed by atoms with Crippen molar-refractivity contribution in [1.82, 2.24) is 10.2 Å². The predicted molar refractivity (Wildman–Crippen MR) is 87.0 cm³/mol. The number of hydrogen-bond acceptors (Lipinski definition) is 2. The minimum absolute atomic E-state index is 0.209. The Kier molecular flexibility index (Phi) is 6.24. The van der Waals surface area contributed by atoms with Gasteiger partial charge < -0.3 is 5.32 Å². The maximum Gasteiger partial charge on any atom is 0.221 e. The molecule has 0 aliphatic heterocycles. The van der Waals surface area contributed by atoms with Crippen LogP contribution in [0.15, 0.2) is 30.3 Å². The number of hydrogen-bond donors (Lipinski definition) is 1. The molecule has 116 valence electrons. The van der Waals surface area contributed by atoms with Gasteiger partial charge in [-0.3, -0.25) is 9.69 Å². The van der Waals surface area contributed by atoms with E-state index in [4.69, 9.17) is 0 Å². The summed E-state index contributed by atoms with van der Waals surface area (Å²) < 4.78 is 0. The number of carbonyl (C=O) groups is 1. The lowest BCUT2D eigenvalue weighted by Gasteiger charge is -2.26. The summed E-state index contributed by atoms with van der Waals surface area (Å²) in [5.41, 5.74) is 1.31. The van der Waals surface area contributed by atoms with E-state index in [-0.39, 0.29) is 5.91 Å². The average Bonchev–Trinajstić information content (AvgIpc) is 2.97. The fourth-order valence-corrected chi connectivity index (χ4v) is 2.95. The summed E-state index contributed by atoms with van der Waals surface area (Å²) in [4.78, 5) is 14.4. The second kappa shape index (κ2) is 8.18. The van der Waals surface area contributed by atoms with Gasteiger partial charge in [0, 0.05) is 31.6 Å². The molecule has 1 aromatic rings. The first-order valence-corrected chi connectivity index (χ1v) is 8.22. The lowest BCUT2D eigenvalue weighted by Crippen LogP contribution is -2.37. The van der Waals surface area contributed by atoms with Crippen LogP contribution < -0.4 is 5.32 Å². The molecule has 0 aromatic heterocycles. The van der Waals surface area contributed by atoms with Crippen LogP contribution in [0.5, 0.6) is 0 Å². The molecule has 3 nitrogen and oxygen atoms in total. The highest BCUT2D eigenvalue weighted by Crippen LogP contribution is 2.17. The average molecular weight is 288 g/mol. The molecule has 1 aromatic carbocycles. The topological polar surface area (TPSA) is 32.3 Å². The van der Waals surface area contributed by atoms with Crippen LogP contribution in [-0.4, -0.2) is 29.4 Å². The maximum absolute atomic E-state index is 12.0. The lowest BCUT2D eigenvalue weighted by atomic mass is 10.1. The molecule has 0 spiro atoms. The third-order valence-corrected chi connectivity index (χ3v) is 4.31. The first-order chi connectivity index (χ1) is 10.1. The Labute approximate surface area is 128 Å². The Morgan fingerprint density at radius 2 is 1.90 bits per heavy atom. The van der Waals surface area contributed by atoms with Crippen molar-refractivity contribution in [2.45, 2.75) is 64.6 Å². The molecule has 0 unspecified atom stereocenters. The molecule has 2 rings (SSSR count). The van der Waals surface area contributed by atoms with E-state index < -0.39 is 0 Å². The van der Waals surface area contributed by atoms with Gasteiger partial charge in [-0.25, -0.2) is 0 Å². The number of amides is 1. The van der Waals surface area contributed by atoms with Crippen LogP contribution in [0.25, 0.3) is 0 Å². The van der Waals surface area contributed by atoms with Gasteiger partial charge in [-0.15, -0.1) is 0 Å². The molecule has 0 saturated heterocycles. The Bertz CT molecular complexity index is 424. The Hall–Kier alpha value is -1.35. The second-order valence-electron chi connectivity index (χ2n) is 6.35. The summed E-state index contributed by atoms with van der Waals surface area (Å²) in [6.45, 7) is 6.12. The highest BCUT2D eigenvalue weighted by molar-refractivity contribution is 5.76. The summed E-state index contributed by atoms with van der Waals surface area (Å²) in [5, 5.41) is 3.17. The zero-order valence-electron chi connectivity index (χ0n) is 13.3. The minimum atomic E-state index is 0.209. The van der Waals surface area contributed by atoms with Crippen LogP contribution in [0.3, 0.4) is 0 Å². The van der Waals surface area contributed by atoms with Crippen molar-refractivity contribution in [1.29, 1.82) is 0 Å². The third-order valence-electron chi connectivity index (χ3n) is 4.31. The van der Waals surface area contributed by atoms with Crippen molar-refractivity contribution in [2.75, 3.05) is 6.54 Å². The van der Waals surface area contributed by atoms with Crippen molar-refractivity contribution < 1.29 is 4.79 Å². The van der Waals surface area contributed by atoms with E-state index in [2.05, 4.69) is 48.3 Å². The molecule has 1 fully saturated rings. The van der Waals surface area contributed by atoms with Gasteiger partial charge in [0.15, 0.2) is 0 Å². The summed E-state index contributed by atoms with van der Waals surface area (Å²) in [6, 6.07) is 11.4. The van der Waals surface area contributed by atoms with E-state index >= 15 is 0 Å². The van der Waals surface area contributed by atoms with E-state index in [0.29, 0.717) is 18.5 Å². The molecule has 0 atom stereocenters. The van der Waals surface area contributed by atoms with Crippen LogP contribution >= 0.6 is 0 Å². The first-order valence-electron chi connectivity index (χ1n) is 8.22. The van der Waals surface area contributed by atoms with Crippen LogP contribution in [0.2, 0.25) is 0 Å². The van der Waals surface area contributed by atoms with E-state index in [1.54, 1.807) is 0 Å². The predicted octanol–water partition coefficient (Wildman–Crippen LogP) is 3.35. The Balaban J connectivity index is 1.78. The van der Waals surface area contributed by atoms with Crippen molar-refractivity contribution in [3.63, 3.8) is 0 Å². The minimum Gasteiger partial charge on any atom is -0.353 e. The van der Waals surface area contributed by atoms with Gasteiger partial charge in [-0.05, 0) is 32.3 Å². The molecule has 0 radical (unpaired) electrons. The molecular weight excluding hydrogens is 260 g/mol. The molecule has 1 amide bonds. The molecule has 3 heteroatoms. The normalized spacial score (nSPS) is 15.8. The molecule has 1 aliphatic rings. The first kappa shape index (κ1) is 16.0. The van der Waals surface area contributed by atoms with Gasteiger partial charge in [0.1, 0.15) is 0 Å². The van der Waals surface area contributed by atoms with Crippen molar-refractivity contribution >= 4 is 5.91 Å². The van der Waals surface area contributed by atoms with Crippen LogP contribution in [0.1, 0.15) is 51.5 Å². The molecule has 21 heavy (non-hydrogen) atoms. The lowest BCUT2D eigenvalue weighted by molar-refractivity contribution is -0.122. The molecular formula is C18H28N2O. The Morgan fingerprint density at radius 1 is 1.24 bits per heavy atom. The number of benzene rings is 1. The number of nitrogens with zero attached hydrogens (tertiary/aromatic N) is 1. The number of rotatable bonds is 7. The quantitative estimate of drug-likeness (QED) is 0.834. The fraction of sp³-hybridized carbons (Fsp3) is 0.611. The van der Waals surface area contributed by atoms with Crippen LogP contribution in [0, 0.1) is 0 Å². The number of nitrogens with one attached hydrogen (secondary N) is 1. The standard InChI is InChI=1S/C18H28N2O/c1-15(2)20(14-16-8-4-3-5-9-16)13-12-18(21)19-17-10-6-7-11-17/h3-5,8-9,15,17H,6-7,10-14H2,1-2H3,(H,19,21). The van der Waals surface area contributed by atoms with Gasteiger partial charge in [-0.1, -0.05) is 43.2 Å². The van der Waals surface area contributed by atoms with Crippen LogP contribution in [-0.2, 0) is 11.3 Å². The van der Waals surface area contributed by atoms with E-state index in [1.165, 1.54) is 18.4 Å². The molecule has 0 bridgehead atoms. The van der Waals surface area contributed by atoms with Gasteiger partial charge in [0.05, 0.1) is 0 Å². The third kappa shape index (κ3) is 5.50. The largest absolute Gasteiger partial charge is 0.353 e. The van der Waals surface area contributed by atoms with Crippen molar-refractivity contribution in [3.8, 4) is 0 Å². The molecule has 1 aliphatic carbocycles. The summed E-state index contributed by atoms with van der Waals surface area (Å²) in [6.07, 6.45) is 5.43. The van der Waals surface area contributed by atoms with Gasteiger partial charge >= 0.3 is 0 Å². The molecule has 0 heterocycles. The van der Waals surface area contributed by atoms with E-state index in [1.807, 2.05) is 6.07 Å². The van der Waals surface area contributed by atoms with Crippen molar-refractivity contribution in [2.24, 2.45) is 0 Å². The number of carbonyl (C=O) groups excluding carboxylic acids is 1. The Morgan fingerprint density at radius 3 is 2.52 bits per heavy atom. The smallest absolute Gasteiger partial charge is 0.221 e. The molecule has 1 N–H and O–H groups in total. The van der Waals surface area contributed by atoms with E-state index in [9.17, 15) is 4.79 Å². The maximum atomic E-state index is 12.0. The van der Waals surface area contributed by atoms with Gasteiger partial charge in [-0.2, -0.15) is 0 Å². The summed E-state index contributed by atoms with van der Waals surface area (Å²) in [5.74, 6) is 0.209. The SMILES string of the molecule is CC(C)N(CCC(=O)NC1CCCC1)Cc1ccccc1. The molecule has 1 saturated carbocycles. The van der Waals surface area contributed by atoms with E-state index in [0.717, 1.165) is 25.9 Å². The summed E-state index contributed by atoms with van der Waals surface area (Å²) in [7, 11) is 0. The highest BCUT2D eigenvalue weighted by atomic mass is 16.1. The fourth-order valence-electron chi connectivity index (χ4n) is 2.95. The zero-order chi connectivity index (χ0) is 15.1. The van der Waals surface area contributed by atoms with Gasteiger partial charge in [0.2, 0.25) is 5.91 Å².